The van der Waals surface area contributed by atoms with E-state index in [9.17, 15) is 4.39 Å². The fraction of sp³-hybridized carbons (Fsp3) is 0.600. The van der Waals surface area contributed by atoms with E-state index in [2.05, 4.69) is 24.1 Å². The fourth-order valence-corrected chi connectivity index (χ4v) is 2.58. The number of nitrogens with zero attached hydrogens (tertiary/aromatic N) is 1. The molecule has 1 saturated heterocycles. The van der Waals surface area contributed by atoms with E-state index < -0.39 is 0 Å². The predicted octanol–water partition coefficient (Wildman–Crippen LogP) is 2.82. The van der Waals surface area contributed by atoms with Crippen LogP contribution in [0.15, 0.2) is 24.3 Å². The van der Waals surface area contributed by atoms with Crippen LogP contribution in [-0.4, -0.2) is 31.1 Å². The van der Waals surface area contributed by atoms with Crippen molar-refractivity contribution < 1.29 is 4.39 Å². The van der Waals surface area contributed by atoms with Crippen molar-refractivity contribution in [1.82, 2.24) is 10.2 Å². The minimum Gasteiger partial charge on any atom is -0.310 e. The molecule has 1 aromatic rings. The highest BCUT2D eigenvalue weighted by molar-refractivity contribution is 5.19. The third-order valence-corrected chi connectivity index (χ3v) is 3.90. The zero-order chi connectivity index (χ0) is 13.0. The van der Waals surface area contributed by atoms with Crippen molar-refractivity contribution in [3.63, 3.8) is 0 Å². The predicted molar refractivity (Wildman–Crippen MR) is 73.0 cm³/mol. The van der Waals surface area contributed by atoms with Crippen LogP contribution in [0.5, 0.6) is 0 Å². The second-order valence-corrected chi connectivity index (χ2v) is 5.23. The first kappa shape index (κ1) is 13.5. The van der Waals surface area contributed by atoms with Gasteiger partial charge in [0.15, 0.2) is 0 Å². The highest BCUT2D eigenvalue weighted by atomic mass is 19.1. The molecular formula is C15H23FN2. The van der Waals surface area contributed by atoms with Crippen molar-refractivity contribution in [3.8, 4) is 0 Å². The van der Waals surface area contributed by atoms with Crippen molar-refractivity contribution in [1.29, 1.82) is 0 Å². The van der Waals surface area contributed by atoms with E-state index in [1.54, 1.807) is 0 Å². The first-order chi connectivity index (χ1) is 8.69. The van der Waals surface area contributed by atoms with Gasteiger partial charge in [0, 0.05) is 12.6 Å². The molecule has 1 aliphatic rings. The van der Waals surface area contributed by atoms with Crippen LogP contribution in [-0.2, 0) is 0 Å². The second kappa shape index (κ2) is 6.30. The molecule has 0 bridgehead atoms. The Hall–Kier alpha value is -0.930. The van der Waals surface area contributed by atoms with Crippen molar-refractivity contribution in [2.24, 2.45) is 5.92 Å². The van der Waals surface area contributed by atoms with E-state index in [1.807, 2.05) is 12.1 Å². The van der Waals surface area contributed by atoms with Gasteiger partial charge in [-0.3, -0.25) is 0 Å². The molecule has 2 atom stereocenters. The van der Waals surface area contributed by atoms with Gasteiger partial charge in [0.1, 0.15) is 5.82 Å². The van der Waals surface area contributed by atoms with Gasteiger partial charge in [0.05, 0.1) is 0 Å². The maximum atomic E-state index is 12.8. The smallest absolute Gasteiger partial charge is 0.123 e. The Kier molecular flexibility index (Phi) is 4.72. The van der Waals surface area contributed by atoms with Crippen LogP contribution in [0.25, 0.3) is 0 Å². The zero-order valence-corrected chi connectivity index (χ0v) is 11.3. The Morgan fingerprint density at radius 2 is 2.11 bits per heavy atom. The van der Waals surface area contributed by atoms with E-state index in [1.165, 1.54) is 31.6 Å². The zero-order valence-electron chi connectivity index (χ0n) is 11.3. The summed E-state index contributed by atoms with van der Waals surface area (Å²) in [5, 5.41) is 3.56. The van der Waals surface area contributed by atoms with Crippen molar-refractivity contribution in [2.75, 3.05) is 26.2 Å². The van der Waals surface area contributed by atoms with Crippen LogP contribution in [0.2, 0.25) is 0 Å². The number of nitrogens with one attached hydrogen (secondary N) is 1. The van der Waals surface area contributed by atoms with Gasteiger partial charge < -0.3 is 10.2 Å². The van der Waals surface area contributed by atoms with Crippen molar-refractivity contribution >= 4 is 0 Å². The van der Waals surface area contributed by atoms with E-state index in [-0.39, 0.29) is 5.82 Å². The molecule has 2 nitrogen and oxygen atoms in total. The van der Waals surface area contributed by atoms with Gasteiger partial charge in [-0.15, -0.1) is 0 Å². The molecule has 1 aliphatic heterocycles. The summed E-state index contributed by atoms with van der Waals surface area (Å²) in [5.74, 6) is 0.591. The molecule has 1 aromatic carbocycles. The topological polar surface area (TPSA) is 15.3 Å². The van der Waals surface area contributed by atoms with Gasteiger partial charge in [-0.05, 0) is 56.6 Å². The lowest BCUT2D eigenvalue weighted by molar-refractivity contribution is 0.336. The molecule has 0 amide bonds. The number of halogens is 1. The van der Waals surface area contributed by atoms with Crippen LogP contribution < -0.4 is 5.32 Å². The molecule has 1 heterocycles. The summed E-state index contributed by atoms with van der Waals surface area (Å²) < 4.78 is 12.8. The third kappa shape index (κ3) is 3.53. The molecule has 100 valence electrons. The van der Waals surface area contributed by atoms with Gasteiger partial charge in [-0.2, -0.15) is 0 Å². The van der Waals surface area contributed by atoms with Gasteiger partial charge in [0.25, 0.3) is 0 Å². The molecule has 3 heteroatoms. The highest BCUT2D eigenvalue weighted by Gasteiger charge is 2.21. The largest absolute Gasteiger partial charge is 0.310 e. The van der Waals surface area contributed by atoms with Crippen LogP contribution in [0.3, 0.4) is 0 Å². The van der Waals surface area contributed by atoms with Crippen LogP contribution in [0, 0.1) is 11.7 Å². The van der Waals surface area contributed by atoms with E-state index in [4.69, 9.17) is 0 Å². The van der Waals surface area contributed by atoms with E-state index >= 15 is 0 Å². The molecule has 2 rings (SSSR count). The van der Waals surface area contributed by atoms with Gasteiger partial charge in [0.2, 0.25) is 0 Å². The molecule has 2 unspecified atom stereocenters. The summed E-state index contributed by atoms with van der Waals surface area (Å²) in [6.07, 6.45) is 1.29. The summed E-state index contributed by atoms with van der Waals surface area (Å²) in [6, 6.07) is 7.07. The molecule has 0 aliphatic carbocycles. The van der Waals surface area contributed by atoms with Gasteiger partial charge in [-0.25, -0.2) is 4.39 Å². The molecule has 0 radical (unpaired) electrons. The summed E-state index contributed by atoms with van der Waals surface area (Å²) in [4.78, 5) is 2.49. The molecule has 0 spiro atoms. The summed E-state index contributed by atoms with van der Waals surface area (Å²) in [6.45, 7) is 9.00. The maximum Gasteiger partial charge on any atom is 0.123 e. The van der Waals surface area contributed by atoms with Crippen LogP contribution in [0.1, 0.15) is 31.9 Å². The Morgan fingerprint density at radius 1 is 1.39 bits per heavy atom. The van der Waals surface area contributed by atoms with Crippen molar-refractivity contribution in [3.05, 3.63) is 35.6 Å². The lowest BCUT2D eigenvalue weighted by Gasteiger charge is -2.18. The highest BCUT2D eigenvalue weighted by Crippen LogP contribution is 2.17. The van der Waals surface area contributed by atoms with Gasteiger partial charge in [-0.1, -0.05) is 19.1 Å². The molecule has 1 fully saturated rings. The molecule has 0 saturated carbocycles. The average molecular weight is 250 g/mol. The van der Waals surface area contributed by atoms with Crippen LogP contribution >= 0.6 is 0 Å². The Morgan fingerprint density at radius 3 is 2.72 bits per heavy atom. The SMILES string of the molecule is CCN1CCC(CNC(C)c2ccc(F)cc2)C1. The Balaban J connectivity index is 1.78. The number of benzene rings is 1. The maximum absolute atomic E-state index is 12.8. The third-order valence-electron chi connectivity index (χ3n) is 3.90. The molecule has 0 aromatic heterocycles. The normalized spacial score (nSPS) is 22.3. The van der Waals surface area contributed by atoms with E-state index in [0.717, 1.165) is 24.6 Å². The molecule has 1 N–H and O–H groups in total. The van der Waals surface area contributed by atoms with Crippen LogP contribution in [0.4, 0.5) is 4.39 Å². The second-order valence-electron chi connectivity index (χ2n) is 5.23. The summed E-state index contributed by atoms with van der Waals surface area (Å²) in [7, 11) is 0. The standard InChI is InChI=1S/C15H23FN2/c1-3-18-9-8-13(11-18)10-17-12(2)14-4-6-15(16)7-5-14/h4-7,12-13,17H,3,8-11H2,1-2H3. The first-order valence-electron chi connectivity index (χ1n) is 6.90. The summed E-state index contributed by atoms with van der Waals surface area (Å²) in [5.41, 5.74) is 1.15. The molecular weight excluding hydrogens is 227 g/mol. The molecule has 18 heavy (non-hydrogen) atoms. The van der Waals surface area contributed by atoms with Gasteiger partial charge >= 0.3 is 0 Å². The summed E-state index contributed by atoms with van der Waals surface area (Å²) >= 11 is 0. The number of hydrogen-bond acceptors (Lipinski definition) is 2. The fourth-order valence-electron chi connectivity index (χ4n) is 2.58. The lowest BCUT2D eigenvalue weighted by Crippen LogP contribution is -2.28. The van der Waals surface area contributed by atoms with Crippen molar-refractivity contribution in [2.45, 2.75) is 26.3 Å². The Labute approximate surface area is 109 Å². The quantitative estimate of drug-likeness (QED) is 0.864. The number of hydrogen-bond donors (Lipinski definition) is 1. The van der Waals surface area contributed by atoms with E-state index in [0.29, 0.717) is 6.04 Å². The minimum atomic E-state index is -0.166. The average Bonchev–Trinajstić information content (AvgIpc) is 2.85. The number of rotatable bonds is 5. The number of likely N-dealkylation sites (tertiary alicyclic amines) is 1. The Bertz CT molecular complexity index is 363. The minimum absolute atomic E-state index is 0.166. The lowest BCUT2D eigenvalue weighted by atomic mass is 10.1. The monoisotopic (exact) mass is 250 g/mol. The first-order valence-corrected chi connectivity index (χ1v) is 6.90.